The topological polar surface area (TPSA) is 15.3 Å². The Hall–Kier alpha value is -0.380. The van der Waals surface area contributed by atoms with Crippen LogP contribution in [0.1, 0.15) is 43.4 Å². The van der Waals surface area contributed by atoms with Gasteiger partial charge in [0, 0.05) is 22.8 Å². The highest BCUT2D eigenvalue weighted by atomic mass is 32.1. The Balaban J connectivity index is 1.81. The fourth-order valence-corrected chi connectivity index (χ4v) is 3.42. The quantitative estimate of drug-likeness (QED) is 0.878. The summed E-state index contributed by atoms with van der Waals surface area (Å²) in [6.07, 6.45) is 2.67. The van der Waals surface area contributed by atoms with Crippen LogP contribution in [-0.2, 0) is 13.1 Å². The highest BCUT2D eigenvalue weighted by Crippen LogP contribution is 2.30. The molecule has 0 atom stereocenters. The third-order valence-electron chi connectivity index (χ3n) is 3.86. The van der Waals surface area contributed by atoms with Crippen LogP contribution in [0.15, 0.2) is 12.1 Å². The number of nitrogens with one attached hydrogen (secondary N) is 1. The number of hydrogen-bond donors (Lipinski definition) is 1. The van der Waals surface area contributed by atoms with E-state index in [1.165, 1.54) is 35.7 Å². The zero-order valence-electron chi connectivity index (χ0n) is 12.0. The Labute approximate surface area is 115 Å². The second-order valence-corrected chi connectivity index (χ2v) is 7.34. The van der Waals surface area contributed by atoms with Crippen molar-refractivity contribution in [1.29, 1.82) is 0 Å². The second kappa shape index (κ2) is 6.18. The van der Waals surface area contributed by atoms with E-state index in [9.17, 15) is 0 Å². The van der Waals surface area contributed by atoms with Gasteiger partial charge in [0.25, 0.3) is 0 Å². The maximum atomic E-state index is 3.39. The van der Waals surface area contributed by atoms with Crippen LogP contribution >= 0.6 is 11.3 Å². The molecule has 102 valence electrons. The van der Waals surface area contributed by atoms with Crippen molar-refractivity contribution < 1.29 is 0 Å². The maximum Gasteiger partial charge on any atom is 0.0328 e. The monoisotopic (exact) mass is 266 g/mol. The van der Waals surface area contributed by atoms with Crippen molar-refractivity contribution >= 4 is 11.3 Å². The van der Waals surface area contributed by atoms with Crippen molar-refractivity contribution in [3.63, 3.8) is 0 Å². The van der Waals surface area contributed by atoms with Crippen LogP contribution in [0.2, 0.25) is 0 Å². The van der Waals surface area contributed by atoms with Gasteiger partial charge in [-0.05, 0) is 50.0 Å². The lowest BCUT2D eigenvalue weighted by atomic mass is 9.83. The second-order valence-electron chi connectivity index (χ2n) is 6.09. The molecule has 0 aromatic carbocycles. The van der Waals surface area contributed by atoms with E-state index >= 15 is 0 Å². The molecule has 2 nitrogen and oxygen atoms in total. The molecule has 0 radical (unpaired) electrons. The minimum atomic E-state index is 0.558. The van der Waals surface area contributed by atoms with Gasteiger partial charge in [0.2, 0.25) is 0 Å². The van der Waals surface area contributed by atoms with Gasteiger partial charge in [0.15, 0.2) is 0 Å². The Morgan fingerprint density at radius 1 is 1.22 bits per heavy atom. The molecule has 2 heterocycles. The molecule has 0 amide bonds. The van der Waals surface area contributed by atoms with E-state index in [1.807, 2.05) is 11.3 Å². The summed E-state index contributed by atoms with van der Waals surface area (Å²) in [7, 11) is 0. The lowest BCUT2D eigenvalue weighted by molar-refractivity contribution is 0.128. The normalized spacial score (nSPS) is 20.2. The molecule has 3 heteroatoms. The molecule has 2 rings (SSSR count). The molecule has 0 saturated carbocycles. The van der Waals surface area contributed by atoms with E-state index in [0.717, 1.165) is 19.6 Å². The van der Waals surface area contributed by atoms with Crippen LogP contribution in [-0.4, -0.2) is 24.5 Å². The lowest BCUT2D eigenvalue weighted by Crippen LogP contribution is -2.36. The molecule has 18 heavy (non-hydrogen) atoms. The predicted molar refractivity (Wildman–Crippen MR) is 80.0 cm³/mol. The SMILES string of the molecule is CCNCc1ccc(CN2CCC(C)(C)CC2)s1. The van der Waals surface area contributed by atoms with Gasteiger partial charge in [-0.15, -0.1) is 11.3 Å². The van der Waals surface area contributed by atoms with Gasteiger partial charge in [0.05, 0.1) is 0 Å². The molecule has 1 aliphatic rings. The van der Waals surface area contributed by atoms with Gasteiger partial charge in [-0.3, -0.25) is 4.90 Å². The van der Waals surface area contributed by atoms with Crippen molar-refractivity contribution in [2.75, 3.05) is 19.6 Å². The van der Waals surface area contributed by atoms with Gasteiger partial charge in [-0.1, -0.05) is 20.8 Å². The number of nitrogens with zero attached hydrogens (tertiary/aromatic N) is 1. The van der Waals surface area contributed by atoms with E-state index in [4.69, 9.17) is 0 Å². The van der Waals surface area contributed by atoms with Crippen LogP contribution in [0.5, 0.6) is 0 Å². The first-order valence-corrected chi connectivity index (χ1v) is 7.91. The Bertz CT molecular complexity index is 360. The Morgan fingerprint density at radius 3 is 2.56 bits per heavy atom. The molecule has 1 aromatic rings. The van der Waals surface area contributed by atoms with E-state index in [0.29, 0.717) is 5.41 Å². The van der Waals surface area contributed by atoms with Crippen LogP contribution in [0.25, 0.3) is 0 Å². The zero-order valence-corrected chi connectivity index (χ0v) is 12.8. The van der Waals surface area contributed by atoms with Crippen molar-refractivity contribution in [2.45, 2.75) is 46.7 Å². The predicted octanol–water partition coefficient (Wildman–Crippen LogP) is 3.48. The number of likely N-dealkylation sites (tertiary alicyclic amines) is 1. The molecule has 1 fully saturated rings. The molecule has 1 saturated heterocycles. The van der Waals surface area contributed by atoms with Crippen LogP contribution in [0.4, 0.5) is 0 Å². The summed E-state index contributed by atoms with van der Waals surface area (Å²) in [4.78, 5) is 5.58. The van der Waals surface area contributed by atoms with Crippen LogP contribution < -0.4 is 5.32 Å². The van der Waals surface area contributed by atoms with Gasteiger partial charge < -0.3 is 5.32 Å². The highest BCUT2D eigenvalue weighted by molar-refractivity contribution is 7.11. The first-order chi connectivity index (χ1) is 8.59. The van der Waals surface area contributed by atoms with Crippen molar-refractivity contribution in [2.24, 2.45) is 5.41 Å². The van der Waals surface area contributed by atoms with Crippen molar-refractivity contribution in [1.82, 2.24) is 10.2 Å². The molecule has 1 aromatic heterocycles. The first kappa shape index (κ1) is 14.0. The minimum absolute atomic E-state index is 0.558. The molecular weight excluding hydrogens is 240 g/mol. The van der Waals surface area contributed by atoms with Crippen molar-refractivity contribution in [3.05, 3.63) is 21.9 Å². The van der Waals surface area contributed by atoms with Gasteiger partial charge in [-0.25, -0.2) is 0 Å². The number of thiophene rings is 1. The highest BCUT2D eigenvalue weighted by Gasteiger charge is 2.25. The Kier molecular flexibility index (Phi) is 4.82. The zero-order chi connectivity index (χ0) is 13.0. The Morgan fingerprint density at radius 2 is 1.89 bits per heavy atom. The fraction of sp³-hybridized carbons (Fsp3) is 0.733. The molecule has 0 aliphatic carbocycles. The summed E-state index contributed by atoms with van der Waals surface area (Å²) in [5.41, 5.74) is 0.558. The maximum absolute atomic E-state index is 3.39. The first-order valence-electron chi connectivity index (χ1n) is 7.10. The third-order valence-corrected chi connectivity index (χ3v) is 4.93. The molecule has 0 spiro atoms. The minimum Gasteiger partial charge on any atom is -0.312 e. The standard InChI is InChI=1S/C15H26N2S/c1-4-16-11-13-5-6-14(18-13)12-17-9-7-15(2,3)8-10-17/h5-6,16H,4,7-12H2,1-3H3. The van der Waals surface area contributed by atoms with E-state index in [-0.39, 0.29) is 0 Å². The summed E-state index contributed by atoms with van der Waals surface area (Å²) in [6, 6.07) is 4.58. The molecule has 0 bridgehead atoms. The van der Waals surface area contributed by atoms with Gasteiger partial charge in [-0.2, -0.15) is 0 Å². The molecular formula is C15H26N2S. The molecule has 0 unspecified atom stereocenters. The van der Waals surface area contributed by atoms with E-state index in [1.54, 1.807) is 0 Å². The largest absolute Gasteiger partial charge is 0.312 e. The van der Waals surface area contributed by atoms with Gasteiger partial charge >= 0.3 is 0 Å². The number of piperidine rings is 1. The van der Waals surface area contributed by atoms with Crippen molar-refractivity contribution in [3.8, 4) is 0 Å². The number of rotatable bonds is 5. The lowest BCUT2D eigenvalue weighted by Gasteiger charge is -2.36. The third kappa shape index (κ3) is 4.08. The average Bonchev–Trinajstić information content (AvgIpc) is 2.77. The summed E-state index contributed by atoms with van der Waals surface area (Å²) in [6.45, 7) is 12.7. The summed E-state index contributed by atoms with van der Waals surface area (Å²) < 4.78 is 0. The smallest absolute Gasteiger partial charge is 0.0328 e. The van der Waals surface area contributed by atoms with Crippen LogP contribution in [0.3, 0.4) is 0 Å². The van der Waals surface area contributed by atoms with E-state index in [2.05, 4.69) is 43.1 Å². The fourth-order valence-electron chi connectivity index (χ4n) is 2.39. The molecule has 1 aliphatic heterocycles. The van der Waals surface area contributed by atoms with E-state index < -0.39 is 0 Å². The average molecular weight is 266 g/mol. The van der Waals surface area contributed by atoms with Gasteiger partial charge in [0.1, 0.15) is 0 Å². The summed E-state index contributed by atoms with van der Waals surface area (Å²) in [5.74, 6) is 0. The molecule has 1 N–H and O–H groups in total. The number of hydrogen-bond acceptors (Lipinski definition) is 3. The van der Waals surface area contributed by atoms with Crippen LogP contribution in [0, 0.1) is 5.41 Å². The summed E-state index contributed by atoms with van der Waals surface area (Å²) >= 11 is 1.96. The summed E-state index contributed by atoms with van der Waals surface area (Å²) in [5, 5.41) is 3.39.